The Morgan fingerprint density at radius 1 is 1.50 bits per heavy atom. The first-order valence-corrected chi connectivity index (χ1v) is 7.07. The van der Waals surface area contributed by atoms with E-state index in [1.807, 2.05) is 18.1 Å². The van der Waals surface area contributed by atoms with Crippen LogP contribution in [0, 0.1) is 25.1 Å². The number of rotatable bonds is 6. The maximum Gasteiger partial charge on any atom is 0.123 e. The molecule has 0 aliphatic heterocycles. The molecule has 5 heteroatoms. The van der Waals surface area contributed by atoms with E-state index in [0.717, 1.165) is 16.7 Å². The van der Waals surface area contributed by atoms with E-state index in [4.69, 9.17) is 6.42 Å². The third-order valence-electron chi connectivity index (χ3n) is 3.47. The van der Waals surface area contributed by atoms with E-state index in [0.29, 0.717) is 19.6 Å². The summed E-state index contributed by atoms with van der Waals surface area (Å²) >= 11 is 0. The molecule has 0 radical (unpaired) electrons. The Morgan fingerprint density at radius 2 is 2.27 bits per heavy atom. The number of likely N-dealkylation sites (N-methyl/N-ethyl adjacent to an activating group) is 1. The summed E-state index contributed by atoms with van der Waals surface area (Å²) < 4.78 is 14.8. The van der Waals surface area contributed by atoms with Crippen LogP contribution >= 0.6 is 0 Å². The lowest BCUT2D eigenvalue weighted by Gasteiger charge is -2.21. The number of aliphatic hydroxyl groups excluding tert-OH is 1. The van der Waals surface area contributed by atoms with Gasteiger partial charge in [-0.1, -0.05) is 12.0 Å². The normalized spacial score (nSPS) is 12.4. The fourth-order valence-electron chi connectivity index (χ4n) is 2.45. The molecule has 22 heavy (non-hydrogen) atoms. The molecule has 4 nitrogen and oxygen atoms in total. The van der Waals surface area contributed by atoms with Crippen LogP contribution in [0.1, 0.15) is 22.8 Å². The summed E-state index contributed by atoms with van der Waals surface area (Å²) in [5.74, 6) is 2.24. The van der Waals surface area contributed by atoms with Gasteiger partial charge in [0.2, 0.25) is 0 Å². The van der Waals surface area contributed by atoms with Gasteiger partial charge in [-0.05, 0) is 37.2 Å². The Kier molecular flexibility index (Phi) is 5.31. The molecule has 1 aromatic carbocycles. The predicted octanol–water partition coefficient (Wildman–Crippen LogP) is 2.13. The minimum Gasteiger partial charge on any atom is -0.387 e. The maximum atomic E-state index is 13.1. The minimum absolute atomic E-state index is 0.289. The van der Waals surface area contributed by atoms with Crippen molar-refractivity contribution in [1.29, 1.82) is 0 Å². The van der Waals surface area contributed by atoms with Gasteiger partial charge < -0.3 is 5.11 Å². The van der Waals surface area contributed by atoms with Crippen molar-refractivity contribution in [3.63, 3.8) is 0 Å². The summed E-state index contributed by atoms with van der Waals surface area (Å²) in [7, 11) is 1.92. The molecule has 0 bridgehead atoms. The van der Waals surface area contributed by atoms with Gasteiger partial charge in [-0.15, -0.1) is 6.42 Å². The summed E-state index contributed by atoms with van der Waals surface area (Å²) in [6.07, 6.45) is 8.25. The number of halogens is 1. The number of benzene rings is 1. The molecule has 2 rings (SSSR count). The predicted molar refractivity (Wildman–Crippen MR) is 83.5 cm³/mol. The highest BCUT2D eigenvalue weighted by Gasteiger charge is 2.14. The van der Waals surface area contributed by atoms with Crippen molar-refractivity contribution in [3.05, 3.63) is 53.1 Å². The van der Waals surface area contributed by atoms with Gasteiger partial charge in [-0.3, -0.25) is 9.58 Å². The van der Waals surface area contributed by atoms with E-state index in [1.54, 1.807) is 23.9 Å². The molecule has 0 spiro atoms. The quantitative estimate of drug-likeness (QED) is 0.831. The minimum atomic E-state index is -0.661. The van der Waals surface area contributed by atoms with E-state index in [1.165, 1.54) is 12.1 Å². The molecule has 1 aromatic heterocycles. The largest absolute Gasteiger partial charge is 0.387 e. The molecule has 0 aliphatic rings. The lowest BCUT2D eigenvalue weighted by Crippen LogP contribution is -2.24. The highest BCUT2D eigenvalue weighted by molar-refractivity contribution is 5.28. The Bertz CT molecular complexity index is 675. The molecule has 0 saturated heterocycles. The topological polar surface area (TPSA) is 41.3 Å². The Morgan fingerprint density at radius 3 is 2.95 bits per heavy atom. The fourth-order valence-corrected chi connectivity index (χ4v) is 2.45. The second kappa shape index (κ2) is 7.21. The van der Waals surface area contributed by atoms with Crippen molar-refractivity contribution < 1.29 is 9.50 Å². The Balaban J connectivity index is 1.95. The van der Waals surface area contributed by atoms with E-state index >= 15 is 0 Å². The van der Waals surface area contributed by atoms with Gasteiger partial charge in [-0.25, -0.2) is 4.39 Å². The van der Waals surface area contributed by atoms with Gasteiger partial charge in [0.05, 0.1) is 12.3 Å². The summed E-state index contributed by atoms with van der Waals surface area (Å²) in [5, 5.41) is 14.5. The van der Waals surface area contributed by atoms with Crippen molar-refractivity contribution in [2.24, 2.45) is 0 Å². The second-order valence-electron chi connectivity index (χ2n) is 5.46. The van der Waals surface area contributed by atoms with Gasteiger partial charge in [0.15, 0.2) is 0 Å². The number of aromatic nitrogens is 2. The number of aryl methyl sites for hydroxylation is 1. The zero-order valence-electron chi connectivity index (χ0n) is 12.8. The average Bonchev–Trinajstić information content (AvgIpc) is 2.86. The third kappa shape index (κ3) is 4.17. The van der Waals surface area contributed by atoms with Crippen molar-refractivity contribution >= 4 is 0 Å². The molecular formula is C17H20FN3O. The molecular weight excluding hydrogens is 281 g/mol. The van der Waals surface area contributed by atoms with Gasteiger partial charge in [0.25, 0.3) is 0 Å². The smallest absolute Gasteiger partial charge is 0.123 e. The summed E-state index contributed by atoms with van der Waals surface area (Å²) in [5.41, 5.74) is 2.53. The molecule has 1 atom stereocenters. The van der Waals surface area contributed by atoms with Crippen molar-refractivity contribution in [3.8, 4) is 12.3 Å². The van der Waals surface area contributed by atoms with Crippen LogP contribution in [0.2, 0.25) is 0 Å². The van der Waals surface area contributed by atoms with Crippen LogP contribution < -0.4 is 0 Å². The van der Waals surface area contributed by atoms with Crippen LogP contribution in [0.15, 0.2) is 30.6 Å². The third-order valence-corrected chi connectivity index (χ3v) is 3.47. The zero-order valence-corrected chi connectivity index (χ0v) is 12.8. The van der Waals surface area contributed by atoms with E-state index < -0.39 is 6.10 Å². The van der Waals surface area contributed by atoms with Gasteiger partial charge in [0, 0.05) is 24.8 Å². The van der Waals surface area contributed by atoms with Crippen LogP contribution in [0.4, 0.5) is 4.39 Å². The molecule has 116 valence electrons. The highest BCUT2D eigenvalue weighted by Crippen LogP contribution is 2.20. The van der Waals surface area contributed by atoms with Gasteiger partial charge in [-0.2, -0.15) is 5.10 Å². The monoisotopic (exact) mass is 301 g/mol. The SMILES string of the molecule is C#CCn1cc(CN(C)CC(O)c2ccc(F)cc2C)cn1. The maximum absolute atomic E-state index is 13.1. The number of hydrogen-bond donors (Lipinski definition) is 1. The fraction of sp³-hybridized carbons (Fsp3) is 0.353. The van der Waals surface area contributed by atoms with E-state index in [9.17, 15) is 9.50 Å². The highest BCUT2D eigenvalue weighted by atomic mass is 19.1. The lowest BCUT2D eigenvalue weighted by molar-refractivity contribution is 0.123. The van der Waals surface area contributed by atoms with E-state index in [-0.39, 0.29) is 5.82 Å². The Labute approximate surface area is 130 Å². The Hall–Kier alpha value is -2.16. The number of terminal acetylenes is 1. The number of aliphatic hydroxyl groups is 1. The van der Waals surface area contributed by atoms with Crippen LogP contribution in [-0.2, 0) is 13.1 Å². The van der Waals surface area contributed by atoms with Crippen molar-refractivity contribution in [2.45, 2.75) is 26.1 Å². The summed E-state index contributed by atoms with van der Waals surface area (Å²) in [6.45, 7) is 3.35. The van der Waals surface area contributed by atoms with Gasteiger partial charge in [0.1, 0.15) is 12.4 Å². The zero-order chi connectivity index (χ0) is 16.1. The van der Waals surface area contributed by atoms with Crippen LogP contribution in [0.3, 0.4) is 0 Å². The average molecular weight is 301 g/mol. The van der Waals surface area contributed by atoms with Crippen molar-refractivity contribution in [1.82, 2.24) is 14.7 Å². The molecule has 1 N–H and O–H groups in total. The molecule has 0 saturated carbocycles. The molecule has 2 aromatic rings. The number of nitrogens with zero attached hydrogens (tertiary/aromatic N) is 3. The summed E-state index contributed by atoms with van der Waals surface area (Å²) in [4.78, 5) is 1.99. The first-order chi connectivity index (χ1) is 10.5. The first kappa shape index (κ1) is 16.2. The molecule has 0 aliphatic carbocycles. The van der Waals surface area contributed by atoms with Crippen LogP contribution in [0.5, 0.6) is 0 Å². The second-order valence-corrected chi connectivity index (χ2v) is 5.46. The molecule has 0 fully saturated rings. The molecule has 1 unspecified atom stereocenters. The number of hydrogen-bond acceptors (Lipinski definition) is 3. The van der Waals surface area contributed by atoms with Crippen LogP contribution in [-0.4, -0.2) is 33.4 Å². The van der Waals surface area contributed by atoms with Gasteiger partial charge >= 0.3 is 0 Å². The standard InChI is InChI=1S/C17H20FN3O/c1-4-7-21-11-14(9-19-21)10-20(3)12-17(22)16-6-5-15(18)8-13(16)2/h1,5-6,8-9,11,17,22H,7,10,12H2,2-3H3. The molecule has 1 heterocycles. The van der Waals surface area contributed by atoms with Crippen molar-refractivity contribution in [2.75, 3.05) is 13.6 Å². The molecule has 0 amide bonds. The van der Waals surface area contributed by atoms with E-state index in [2.05, 4.69) is 11.0 Å². The van der Waals surface area contributed by atoms with Crippen LogP contribution in [0.25, 0.3) is 0 Å². The lowest BCUT2D eigenvalue weighted by atomic mass is 10.0. The first-order valence-electron chi connectivity index (χ1n) is 7.07. The summed E-state index contributed by atoms with van der Waals surface area (Å²) in [6, 6.07) is 4.44.